The highest BCUT2D eigenvalue weighted by Gasteiger charge is 2.42. The lowest BCUT2D eigenvalue weighted by Crippen LogP contribution is -2.57. The number of aliphatic carboxylic acids is 1. The van der Waals surface area contributed by atoms with E-state index in [1.54, 1.807) is 0 Å². The molecule has 1 aromatic heterocycles. The first kappa shape index (κ1) is 14.2. The fraction of sp³-hybridized carbons (Fsp3) is 0.538. The summed E-state index contributed by atoms with van der Waals surface area (Å²) in [5, 5.41) is 14.6. The van der Waals surface area contributed by atoms with Crippen LogP contribution in [0.25, 0.3) is 0 Å². The van der Waals surface area contributed by atoms with E-state index in [1.165, 1.54) is 18.7 Å². The van der Waals surface area contributed by atoms with Gasteiger partial charge >= 0.3 is 12.0 Å². The maximum Gasteiger partial charge on any atom is 0.329 e. The summed E-state index contributed by atoms with van der Waals surface area (Å²) in [6.07, 6.45) is 6.72. The number of carbonyl (C=O) groups is 2. The molecule has 108 valence electrons. The highest BCUT2D eigenvalue weighted by molar-refractivity contribution is 5.93. The van der Waals surface area contributed by atoms with Crippen LogP contribution in [-0.2, 0) is 4.79 Å². The highest BCUT2D eigenvalue weighted by Crippen LogP contribution is 2.32. The normalized spacial score (nSPS) is 25.8. The number of nitrogens with one attached hydrogen (secondary N) is 2. The number of nitrogens with zero attached hydrogens (tertiary/aromatic N) is 2. The van der Waals surface area contributed by atoms with E-state index in [0.717, 1.165) is 12.8 Å². The Morgan fingerprint density at radius 1 is 1.30 bits per heavy atom. The largest absolute Gasteiger partial charge is 0.480 e. The van der Waals surface area contributed by atoms with Gasteiger partial charge in [0.15, 0.2) is 0 Å². The van der Waals surface area contributed by atoms with Crippen LogP contribution in [0, 0.1) is 5.92 Å². The molecular weight excluding hydrogens is 260 g/mol. The Kier molecular flexibility index (Phi) is 4.16. The Morgan fingerprint density at radius 2 is 1.90 bits per heavy atom. The molecule has 1 aromatic rings. The van der Waals surface area contributed by atoms with Crippen LogP contribution in [0.1, 0.15) is 32.6 Å². The van der Waals surface area contributed by atoms with E-state index in [-0.39, 0.29) is 0 Å². The lowest BCUT2D eigenvalue weighted by Gasteiger charge is -2.36. The SMILES string of the molecule is CC1CCC(NC(=O)Nc2cncnc2)(C(=O)O)CC1. The number of urea groups is 1. The molecular formula is C13H18N4O3. The van der Waals surface area contributed by atoms with Crippen LogP contribution >= 0.6 is 0 Å². The fourth-order valence-electron chi connectivity index (χ4n) is 2.39. The standard InChI is InChI=1S/C13H18N4O3/c1-9-2-4-13(5-3-9,11(18)19)17-12(20)16-10-6-14-8-15-7-10/h6-9H,2-5H2,1H3,(H,18,19)(H2,16,17,20). The minimum absolute atomic E-state index is 0.426. The van der Waals surface area contributed by atoms with Crippen LogP contribution in [0.3, 0.4) is 0 Å². The van der Waals surface area contributed by atoms with Crippen LogP contribution in [-0.4, -0.2) is 32.6 Å². The third-order valence-corrected chi connectivity index (χ3v) is 3.71. The molecule has 7 nitrogen and oxygen atoms in total. The summed E-state index contributed by atoms with van der Waals surface area (Å²) in [4.78, 5) is 31.0. The summed E-state index contributed by atoms with van der Waals surface area (Å²) in [7, 11) is 0. The van der Waals surface area contributed by atoms with Crippen LogP contribution in [0.2, 0.25) is 0 Å². The van der Waals surface area contributed by atoms with Crippen molar-refractivity contribution in [2.75, 3.05) is 5.32 Å². The van der Waals surface area contributed by atoms with E-state index in [1.807, 2.05) is 0 Å². The fourth-order valence-corrected chi connectivity index (χ4v) is 2.39. The Labute approximate surface area is 116 Å². The molecule has 7 heteroatoms. The topological polar surface area (TPSA) is 104 Å². The summed E-state index contributed by atoms with van der Waals surface area (Å²) in [6, 6.07) is -0.545. The summed E-state index contributed by atoms with van der Waals surface area (Å²) >= 11 is 0. The number of hydrogen-bond donors (Lipinski definition) is 3. The molecule has 3 N–H and O–H groups in total. The third kappa shape index (κ3) is 3.23. The molecule has 0 atom stereocenters. The Hall–Kier alpha value is -2.18. The smallest absolute Gasteiger partial charge is 0.329 e. The van der Waals surface area contributed by atoms with Gasteiger partial charge in [-0.3, -0.25) is 0 Å². The van der Waals surface area contributed by atoms with Crippen LogP contribution < -0.4 is 10.6 Å². The van der Waals surface area contributed by atoms with Gasteiger partial charge in [-0.2, -0.15) is 0 Å². The zero-order chi connectivity index (χ0) is 14.6. The van der Waals surface area contributed by atoms with Crippen molar-refractivity contribution in [2.24, 2.45) is 5.92 Å². The molecule has 1 aliphatic carbocycles. The molecule has 20 heavy (non-hydrogen) atoms. The van der Waals surface area contributed by atoms with Crippen LogP contribution in [0.4, 0.5) is 10.5 Å². The summed E-state index contributed by atoms with van der Waals surface area (Å²) < 4.78 is 0. The molecule has 1 saturated carbocycles. The molecule has 0 radical (unpaired) electrons. The van der Waals surface area contributed by atoms with Gasteiger partial charge in [-0.1, -0.05) is 6.92 Å². The van der Waals surface area contributed by atoms with Crippen molar-refractivity contribution in [1.82, 2.24) is 15.3 Å². The van der Waals surface area contributed by atoms with E-state index >= 15 is 0 Å². The molecule has 0 saturated heterocycles. The van der Waals surface area contributed by atoms with E-state index in [2.05, 4.69) is 27.5 Å². The van der Waals surface area contributed by atoms with Crippen molar-refractivity contribution in [2.45, 2.75) is 38.1 Å². The van der Waals surface area contributed by atoms with Crippen molar-refractivity contribution < 1.29 is 14.7 Å². The molecule has 1 fully saturated rings. The van der Waals surface area contributed by atoms with Gasteiger partial charge in [0.25, 0.3) is 0 Å². The van der Waals surface area contributed by atoms with Gasteiger partial charge in [0.2, 0.25) is 0 Å². The predicted octanol–water partition coefficient (Wildman–Crippen LogP) is 1.63. The molecule has 0 unspecified atom stereocenters. The van der Waals surface area contributed by atoms with E-state index < -0.39 is 17.5 Å². The minimum atomic E-state index is -1.17. The molecule has 1 aliphatic rings. The number of anilines is 1. The molecule has 0 bridgehead atoms. The van der Waals surface area contributed by atoms with Crippen molar-refractivity contribution in [3.63, 3.8) is 0 Å². The van der Waals surface area contributed by atoms with Crippen molar-refractivity contribution >= 4 is 17.7 Å². The van der Waals surface area contributed by atoms with Gasteiger partial charge in [-0.15, -0.1) is 0 Å². The minimum Gasteiger partial charge on any atom is -0.480 e. The number of amides is 2. The van der Waals surface area contributed by atoms with Crippen molar-refractivity contribution in [1.29, 1.82) is 0 Å². The number of rotatable bonds is 3. The van der Waals surface area contributed by atoms with Gasteiger partial charge in [-0.25, -0.2) is 19.6 Å². The summed E-state index contributed by atoms with van der Waals surface area (Å²) in [6.45, 7) is 2.09. The van der Waals surface area contributed by atoms with Gasteiger partial charge < -0.3 is 15.7 Å². The summed E-state index contributed by atoms with van der Waals surface area (Å²) in [5.74, 6) is -0.487. The van der Waals surface area contributed by atoms with Crippen LogP contribution in [0.15, 0.2) is 18.7 Å². The average molecular weight is 278 g/mol. The zero-order valence-electron chi connectivity index (χ0n) is 11.3. The van der Waals surface area contributed by atoms with E-state index in [0.29, 0.717) is 24.4 Å². The highest BCUT2D eigenvalue weighted by atomic mass is 16.4. The predicted molar refractivity (Wildman–Crippen MR) is 72.2 cm³/mol. The molecule has 0 aromatic carbocycles. The van der Waals surface area contributed by atoms with E-state index in [9.17, 15) is 14.7 Å². The maximum atomic E-state index is 11.9. The number of hydrogen-bond acceptors (Lipinski definition) is 4. The zero-order valence-corrected chi connectivity index (χ0v) is 11.3. The second kappa shape index (κ2) is 5.85. The lowest BCUT2D eigenvalue weighted by molar-refractivity contribution is -0.146. The molecule has 1 heterocycles. The Bertz CT molecular complexity index is 484. The molecule has 0 spiro atoms. The first-order valence-corrected chi connectivity index (χ1v) is 6.59. The Morgan fingerprint density at radius 3 is 2.45 bits per heavy atom. The number of carbonyl (C=O) groups excluding carboxylic acids is 1. The van der Waals surface area contributed by atoms with Gasteiger partial charge in [0, 0.05) is 0 Å². The Balaban J connectivity index is 2.02. The number of aromatic nitrogens is 2. The average Bonchev–Trinajstić information content (AvgIpc) is 2.42. The third-order valence-electron chi connectivity index (χ3n) is 3.71. The molecule has 0 aliphatic heterocycles. The van der Waals surface area contributed by atoms with Gasteiger partial charge in [0.05, 0.1) is 18.1 Å². The summed E-state index contributed by atoms with van der Waals surface area (Å²) in [5.41, 5.74) is -0.749. The van der Waals surface area contributed by atoms with Crippen LogP contribution in [0.5, 0.6) is 0 Å². The first-order chi connectivity index (χ1) is 9.52. The lowest BCUT2D eigenvalue weighted by atomic mass is 9.77. The second-order valence-corrected chi connectivity index (χ2v) is 5.28. The number of carboxylic acids is 1. The van der Waals surface area contributed by atoms with Crippen molar-refractivity contribution in [3.05, 3.63) is 18.7 Å². The van der Waals surface area contributed by atoms with Crippen molar-refractivity contribution in [3.8, 4) is 0 Å². The van der Waals surface area contributed by atoms with Gasteiger partial charge in [0.1, 0.15) is 11.9 Å². The molecule has 2 amide bonds. The second-order valence-electron chi connectivity index (χ2n) is 5.28. The quantitative estimate of drug-likeness (QED) is 0.779. The monoisotopic (exact) mass is 278 g/mol. The number of carboxylic acid groups (broad SMARTS) is 1. The first-order valence-electron chi connectivity index (χ1n) is 6.59. The van der Waals surface area contributed by atoms with E-state index in [4.69, 9.17) is 0 Å². The maximum absolute atomic E-state index is 11.9. The molecule has 2 rings (SSSR count). The van der Waals surface area contributed by atoms with Gasteiger partial charge in [-0.05, 0) is 31.6 Å².